The van der Waals surface area contributed by atoms with Crippen molar-refractivity contribution >= 4 is 6.29 Å². The van der Waals surface area contributed by atoms with E-state index in [1.807, 2.05) is 43.0 Å². The number of rotatable bonds is 8. The maximum Gasteiger partial charge on any atom is 0.140 e. The standard InChI is InChI=1S/C27H30N6O2/c1-19-26(35-23-10-6-9-21(14-23)18-34)12-11-24(29-19)27-25(32(2)31-30-27)17-33-16-22(15-28-33)13-20-7-4-3-5-8-20/h3-5,7-8,11-12,15-16,18,21,23H,6,9-10,13-14,17H2,1-2H3/t21-,23-/m0/s1. The van der Waals surface area contributed by atoms with E-state index >= 15 is 0 Å². The molecule has 35 heavy (non-hydrogen) atoms. The summed E-state index contributed by atoms with van der Waals surface area (Å²) in [4.78, 5) is 16.0. The number of hydrogen-bond acceptors (Lipinski definition) is 6. The summed E-state index contributed by atoms with van der Waals surface area (Å²) >= 11 is 0. The van der Waals surface area contributed by atoms with Crippen molar-refractivity contribution in [3.05, 3.63) is 77.4 Å². The van der Waals surface area contributed by atoms with Crippen LogP contribution >= 0.6 is 0 Å². The van der Waals surface area contributed by atoms with Gasteiger partial charge in [-0.25, -0.2) is 9.67 Å². The van der Waals surface area contributed by atoms with Gasteiger partial charge in [-0.3, -0.25) is 4.68 Å². The van der Waals surface area contributed by atoms with Crippen molar-refractivity contribution in [1.29, 1.82) is 0 Å². The van der Waals surface area contributed by atoms with Gasteiger partial charge in [0, 0.05) is 25.6 Å². The van der Waals surface area contributed by atoms with Gasteiger partial charge in [-0.2, -0.15) is 5.10 Å². The van der Waals surface area contributed by atoms with E-state index < -0.39 is 0 Å². The van der Waals surface area contributed by atoms with Crippen LogP contribution in [0.15, 0.2) is 54.9 Å². The average molecular weight is 471 g/mol. The van der Waals surface area contributed by atoms with Gasteiger partial charge in [0.1, 0.15) is 17.7 Å². The largest absolute Gasteiger partial charge is 0.489 e. The van der Waals surface area contributed by atoms with Gasteiger partial charge in [0.15, 0.2) is 0 Å². The summed E-state index contributed by atoms with van der Waals surface area (Å²) in [5.41, 5.74) is 5.64. The first kappa shape index (κ1) is 23.0. The minimum atomic E-state index is 0.0577. The third kappa shape index (κ3) is 5.31. The molecule has 1 aliphatic rings. The van der Waals surface area contributed by atoms with E-state index in [2.05, 4.69) is 45.9 Å². The molecule has 0 radical (unpaired) electrons. The van der Waals surface area contributed by atoms with Crippen molar-refractivity contribution in [3.8, 4) is 17.1 Å². The number of hydrogen-bond donors (Lipinski definition) is 0. The summed E-state index contributed by atoms with van der Waals surface area (Å²) in [7, 11) is 1.89. The quantitative estimate of drug-likeness (QED) is 0.360. The molecule has 0 N–H and O–H groups in total. The smallest absolute Gasteiger partial charge is 0.140 e. The third-order valence-electron chi connectivity index (χ3n) is 6.63. The van der Waals surface area contributed by atoms with E-state index in [9.17, 15) is 4.79 Å². The molecule has 180 valence electrons. The lowest BCUT2D eigenvalue weighted by Gasteiger charge is -2.27. The molecule has 5 rings (SSSR count). The number of benzene rings is 1. The molecule has 0 bridgehead atoms. The highest BCUT2D eigenvalue weighted by Gasteiger charge is 2.24. The third-order valence-corrected chi connectivity index (χ3v) is 6.63. The van der Waals surface area contributed by atoms with Gasteiger partial charge in [0.25, 0.3) is 0 Å². The van der Waals surface area contributed by atoms with Crippen molar-refractivity contribution in [2.24, 2.45) is 13.0 Å². The predicted molar refractivity (Wildman–Crippen MR) is 132 cm³/mol. The van der Waals surface area contributed by atoms with Crippen LogP contribution in [0.2, 0.25) is 0 Å². The normalized spacial score (nSPS) is 17.9. The zero-order valence-electron chi connectivity index (χ0n) is 20.2. The molecule has 0 spiro atoms. The number of carbonyl (C=O) groups excluding carboxylic acids is 1. The lowest BCUT2D eigenvalue weighted by Crippen LogP contribution is -2.26. The molecule has 1 aliphatic carbocycles. The van der Waals surface area contributed by atoms with E-state index in [0.717, 1.165) is 72.5 Å². The number of nitrogens with zero attached hydrogens (tertiary/aromatic N) is 6. The molecule has 4 aromatic rings. The van der Waals surface area contributed by atoms with Crippen LogP contribution in [0.5, 0.6) is 5.75 Å². The first-order valence-corrected chi connectivity index (χ1v) is 12.1. The fourth-order valence-corrected chi connectivity index (χ4v) is 4.72. The Morgan fingerprint density at radius 2 is 1.97 bits per heavy atom. The van der Waals surface area contributed by atoms with Crippen molar-refractivity contribution in [2.75, 3.05) is 0 Å². The Hall–Kier alpha value is -3.81. The van der Waals surface area contributed by atoms with Gasteiger partial charge in [-0.15, -0.1) is 5.10 Å². The highest BCUT2D eigenvalue weighted by molar-refractivity contribution is 5.58. The van der Waals surface area contributed by atoms with Crippen molar-refractivity contribution < 1.29 is 9.53 Å². The Balaban J connectivity index is 1.31. The van der Waals surface area contributed by atoms with E-state index in [1.165, 1.54) is 5.56 Å². The Morgan fingerprint density at radius 1 is 1.11 bits per heavy atom. The Labute approximate surface area is 205 Å². The maximum absolute atomic E-state index is 11.2. The second kappa shape index (κ2) is 10.2. The highest BCUT2D eigenvalue weighted by Crippen LogP contribution is 2.29. The van der Waals surface area contributed by atoms with E-state index in [1.54, 1.807) is 4.68 Å². The number of carbonyl (C=O) groups is 1. The molecule has 3 heterocycles. The van der Waals surface area contributed by atoms with Crippen LogP contribution in [0.1, 0.15) is 48.2 Å². The van der Waals surface area contributed by atoms with Crippen molar-refractivity contribution in [3.63, 3.8) is 0 Å². The number of ether oxygens (including phenoxy) is 1. The van der Waals surface area contributed by atoms with Crippen molar-refractivity contribution in [2.45, 2.75) is 51.7 Å². The summed E-state index contributed by atoms with van der Waals surface area (Å²) in [6, 6.07) is 14.3. The Morgan fingerprint density at radius 3 is 2.77 bits per heavy atom. The van der Waals surface area contributed by atoms with Crippen LogP contribution in [0.4, 0.5) is 0 Å². The second-order valence-electron chi connectivity index (χ2n) is 9.30. The van der Waals surface area contributed by atoms with Crippen LogP contribution in [-0.2, 0) is 24.8 Å². The SMILES string of the molecule is Cc1nc(-c2nnn(C)c2Cn2cc(Cc3ccccc3)cn2)ccc1O[C@H]1CCC[C@H](C=O)C1. The molecule has 1 fully saturated rings. The molecule has 0 aliphatic heterocycles. The molecule has 3 aromatic heterocycles. The topological polar surface area (TPSA) is 87.7 Å². The molecule has 8 nitrogen and oxygen atoms in total. The molecule has 1 aromatic carbocycles. The zero-order chi connectivity index (χ0) is 24.2. The fourth-order valence-electron chi connectivity index (χ4n) is 4.72. The van der Waals surface area contributed by atoms with E-state index in [0.29, 0.717) is 6.54 Å². The number of pyridine rings is 1. The lowest BCUT2D eigenvalue weighted by molar-refractivity contribution is -0.112. The summed E-state index contributed by atoms with van der Waals surface area (Å²) in [6.45, 7) is 2.49. The molecule has 8 heteroatoms. The molecular weight excluding hydrogens is 440 g/mol. The monoisotopic (exact) mass is 470 g/mol. The molecule has 2 atom stereocenters. The van der Waals surface area contributed by atoms with Crippen molar-refractivity contribution in [1.82, 2.24) is 29.8 Å². The molecule has 1 saturated carbocycles. The van der Waals surface area contributed by atoms with E-state index in [4.69, 9.17) is 9.72 Å². The zero-order valence-corrected chi connectivity index (χ0v) is 20.2. The number of aromatic nitrogens is 6. The second-order valence-corrected chi connectivity index (χ2v) is 9.30. The highest BCUT2D eigenvalue weighted by atomic mass is 16.5. The van der Waals surface area contributed by atoms with Gasteiger partial charge in [-0.05, 0) is 55.9 Å². The molecular formula is C27H30N6O2. The van der Waals surface area contributed by atoms with Crippen LogP contribution in [0, 0.1) is 12.8 Å². The number of aldehydes is 1. The lowest BCUT2D eigenvalue weighted by atomic mass is 9.88. The Bertz CT molecular complexity index is 1300. The van der Waals surface area contributed by atoms with Gasteiger partial charge < -0.3 is 9.53 Å². The molecule has 0 unspecified atom stereocenters. The van der Waals surface area contributed by atoms with E-state index in [-0.39, 0.29) is 12.0 Å². The van der Waals surface area contributed by atoms with Crippen LogP contribution in [0.25, 0.3) is 11.4 Å². The van der Waals surface area contributed by atoms with Crippen LogP contribution < -0.4 is 4.74 Å². The summed E-state index contributed by atoms with van der Waals surface area (Å²) in [5.74, 6) is 0.854. The van der Waals surface area contributed by atoms with Crippen LogP contribution in [-0.4, -0.2) is 42.1 Å². The summed E-state index contributed by atoms with van der Waals surface area (Å²) in [6.07, 6.45) is 9.65. The predicted octanol–water partition coefficient (Wildman–Crippen LogP) is 4.16. The maximum atomic E-state index is 11.2. The van der Waals surface area contributed by atoms with Gasteiger partial charge in [0.2, 0.25) is 0 Å². The average Bonchev–Trinajstić information content (AvgIpc) is 3.47. The van der Waals surface area contributed by atoms with Gasteiger partial charge in [0.05, 0.1) is 35.9 Å². The van der Waals surface area contributed by atoms with Gasteiger partial charge >= 0.3 is 0 Å². The van der Waals surface area contributed by atoms with Crippen LogP contribution in [0.3, 0.4) is 0 Å². The molecule has 0 saturated heterocycles. The first-order chi connectivity index (χ1) is 17.1. The first-order valence-electron chi connectivity index (χ1n) is 12.1. The minimum absolute atomic E-state index is 0.0577. The number of aryl methyl sites for hydroxylation is 2. The van der Waals surface area contributed by atoms with Gasteiger partial charge in [-0.1, -0.05) is 35.5 Å². The minimum Gasteiger partial charge on any atom is -0.489 e. The molecule has 0 amide bonds. The fraction of sp³-hybridized carbons (Fsp3) is 0.370. The summed E-state index contributed by atoms with van der Waals surface area (Å²) < 4.78 is 9.90. The Kier molecular flexibility index (Phi) is 6.70. The summed E-state index contributed by atoms with van der Waals surface area (Å²) in [5, 5.41) is 13.2.